The quantitative estimate of drug-likeness (QED) is 0.844. The minimum Gasteiger partial charge on any atom is -0.485 e. The van der Waals surface area contributed by atoms with E-state index in [9.17, 15) is 13.6 Å². The number of aromatic carboxylic acids is 1. The normalized spacial score (nSPS) is 10.5. The Morgan fingerprint density at radius 2 is 2.00 bits per heavy atom. The summed E-state index contributed by atoms with van der Waals surface area (Å²) in [5.74, 6) is -4.20. The van der Waals surface area contributed by atoms with Crippen molar-refractivity contribution in [1.29, 1.82) is 0 Å². The zero-order valence-corrected chi connectivity index (χ0v) is 8.25. The van der Waals surface area contributed by atoms with Gasteiger partial charge in [-0.2, -0.15) is 0 Å². The molecular weight excluding hydrogens is 206 g/mol. The van der Waals surface area contributed by atoms with Crippen molar-refractivity contribution in [3.63, 3.8) is 0 Å². The lowest BCUT2D eigenvalue weighted by atomic mass is 10.2. The molecule has 0 saturated carbocycles. The maximum atomic E-state index is 13.4. The summed E-state index contributed by atoms with van der Waals surface area (Å²) in [7, 11) is 0. The maximum Gasteiger partial charge on any atom is 0.338 e. The summed E-state index contributed by atoms with van der Waals surface area (Å²) in [5.41, 5.74) is -0.605. The number of benzene rings is 1. The van der Waals surface area contributed by atoms with E-state index < -0.39 is 35.0 Å². The Morgan fingerprint density at radius 1 is 1.40 bits per heavy atom. The molecule has 0 bridgehead atoms. The lowest BCUT2D eigenvalue weighted by molar-refractivity contribution is 0.0689. The average Bonchev–Trinajstić information content (AvgIpc) is 2.11. The van der Waals surface area contributed by atoms with Crippen LogP contribution in [0.3, 0.4) is 0 Å². The van der Waals surface area contributed by atoms with Crippen LogP contribution in [0.4, 0.5) is 8.78 Å². The van der Waals surface area contributed by atoms with Crippen LogP contribution in [0.25, 0.3) is 0 Å². The van der Waals surface area contributed by atoms with Crippen LogP contribution in [0.5, 0.6) is 5.75 Å². The Bertz CT molecular complexity index is 388. The van der Waals surface area contributed by atoms with Gasteiger partial charge in [-0.15, -0.1) is 0 Å². The Kier molecular flexibility index (Phi) is 3.24. The predicted octanol–water partition coefficient (Wildman–Crippen LogP) is 2.45. The van der Waals surface area contributed by atoms with Gasteiger partial charge in [-0.3, -0.25) is 0 Å². The fourth-order valence-electron chi connectivity index (χ4n) is 1.04. The molecule has 0 unspecified atom stereocenters. The van der Waals surface area contributed by atoms with Crippen LogP contribution in [-0.2, 0) is 0 Å². The highest BCUT2D eigenvalue weighted by molar-refractivity contribution is 5.88. The second-order valence-corrected chi connectivity index (χ2v) is 3.21. The summed E-state index contributed by atoms with van der Waals surface area (Å²) >= 11 is 0. The third-order valence-corrected chi connectivity index (χ3v) is 1.63. The number of carboxylic acids is 1. The van der Waals surface area contributed by atoms with E-state index >= 15 is 0 Å². The molecule has 0 radical (unpaired) electrons. The molecule has 1 aromatic carbocycles. The molecule has 5 heteroatoms. The lowest BCUT2D eigenvalue weighted by Gasteiger charge is -2.12. The molecule has 0 heterocycles. The van der Waals surface area contributed by atoms with E-state index in [0.717, 1.165) is 12.1 Å². The standard InChI is InChI=1S/C10H10F2O3/c1-5(2)15-9-7(11)4-3-6(8(9)12)10(13)14/h3-5H,1-2H3,(H,13,14). The Labute approximate surface area is 85.3 Å². The summed E-state index contributed by atoms with van der Waals surface area (Å²) < 4.78 is 31.3. The molecule has 0 fully saturated rings. The Hall–Kier alpha value is -1.65. The molecule has 0 spiro atoms. The van der Waals surface area contributed by atoms with E-state index in [4.69, 9.17) is 9.84 Å². The topological polar surface area (TPSA) is 46.5 Å². The van der Waals surface area contributed by atoms with Crippen LogP contribution in [0.1, 0.15) is 24.2 Å². The van der Waals surface area contributed by atoms with Crippen LogP contribution in [0, 0.1) is 11.6 Å². The van der Waals surface area contributed by atoms with E-state index in [2.05, 4.69) is 0 Å². The van der Waals surface area contributed by atoms with Crippen LogP contribution >= 0.6 is 0 Å². The fourth-order valence-corrected chi connectivity index (χ4v) is 1.04. The molecule has 15 heavy (non-hydrogen) atoms. The SMILES string of the molecule is CC(C)Oc1c(F)ccc(C(=O)O)c1F. The van der Waals surface area contributed by atoms with E-state index in [1.807, 2.05) is 0 Å². The third kappa shape index (κ3) is 2.43. The summed E-state index contributed by atoms with van der Waals surface area (Å²) in [6, 6.07) is 1.73. The van der Waals surface area contributed by atoms with Gasteiger partial charge in [0.1, 0.15) is 0 Å². The van der Waals surface area contributed by atoms with Gasteiger partial charge in [-0.1, -0.05) is 0 Å². The molecule has 1 N–H and O–H groups in total. The molecule has 0 aliphatic carbocycles. The smallest absolute Gasteiger partial charge is 0.338 e. The molecular formula is C10H10F2O3. The molecule has 0 atom stereocenters. The molecule has 1 rings (SSSR count). The van der Waals surface area contributed by atoms with E-state index in [-0.39, 0.29) is 0 Å². The zero-order chi connectivity index (χ0) is 11.6. The van der Waals surface area contributed by atoms with Gasteiger partial charge < -0.3 is 9.84 Å². The predicted molar refractivity (Wildman–Crippen MR) is 49.1 cm³/mol. The van der Waals surface area contributed by atoms with E-state index in [1.165, 1.54) is 0 Å². The number of rotatable bonds is 3. The maximum absolute atomic E-state index is 13.4. The van der Waals surface area contributed by atoms with Gasteiger partial charge in [0.25, 0.3) is 0 Å². The van der Waals surface area contributed by atoms with Crippen LogP contribution in [-0.4, -0.2) is 17.2 Å². The molecule has 1 aromatic rings. The minimum atomic E-state index is -1.46. The molecule has 0 amide bonds. The molecule has 0 aliphatic heterocycles. The van der Waals surface area contributed by atoms with Gasteiger partial charge in [0.15, 0.2) is 17.4 Å². The minimum absolute atomic E-state index is 0.432. The first-order valence-corrected chi connectivity index (χ1v) is 4.31. The van der Waals surface area contributed by atoms with Crippen molar-refractivity contribution in [3.05, 3.63) is 29.3 Å². The van der Waals surface area contributed by atoms with Gasteiger partial charge in [0, 0.05) is 0 Å². The van der Waals surface area contributed by atoms with Crippen molar-refractivity contribution in [2.75, 3.05) is 0 Å². The van der Waals surface area contributed by atoms with Crippen LogP contribution < -0.4 is 4.74 Å². The van der Waals surface area contributed by atoms with E-state index in [0.29, 0.717) is 0 Å². The second kappa shape index (κ2) is 4.25. The molecule has 82 valence electrons. The first-order valence-electron chi connectivity index (χ1n) is 4.31. The first kappa shape index (κ1) is 11.4. The van der Waals surface area contributed by atoms with Crippen molar-refractivity contribution in [2.45, 2.75) is 20.0 Å². The molecule has 0 aromatic heterocycles. The highest BCUT2D eigenvalue weighted by Crippen LogP contribution is 2.25. The van der Waals surface area contributed by atoms with E-state index in [1.54, 1.807) is 13.8 Å². The Balaban J connectivity index is 3.24. The fraction of sp³-hybridized carbons (Fsp3) is 0.300. The van der Waals surface area contributed by atoms with Crippen molar-refractivity contribution in [2.24, 2.45) is 0 Å². The second-order valence-electron chi connectivity index (χ2n) is 3.21. The average molecular weight is 216 g/mol. The van der Waals surface area contributed by atoms with Crippen molar-refractivity contribution >= 4 is 5.97 Å². The first-order chi connectivity index (χ1) is 6.93. The number of carbonyl (C=O) groups is 1. The largest absolute Gasteiger partial charge is 0.485 e. The number of hydrogen-bond acceptors (Lipinski definition) is 2. The summed E-state index contributed by atoms with van der Waals surface area (Å²) in [4.78, 5) is 10.6. The van der Waals surface area contributed by atoms with Crippen molar-refractivity contribution in [3.8, 4) is 5.75 Å². The third-order valence-electron chi connectivity index (χ3n) is 1.63. The Morgan fingerprint density at radius 3 is 2.47 bits per heavy atom. The van der Waals surface area contributed by atoms with Gasteiger partial charge in [0.05, 0.1) is 11.7 Å². The molecule has 0 saturated heterocycles. The van der Waals surface area contributed by atoms with Crippen LogP contribution in [0.15, 0.2) is 12.1 Å². The summed E-state index contributed by atoms with van der Waals surface area (Å²) in [5, 5.41) is 8.60. The van der Waals surface area contributed by atoms with Crippen LogP contribution in [0.2, 0.25) is 0 Å². The molecule has 0 aliphatic rings. The van der Waals surface area contributed by atoms with Gasteiger partial charge in [0.2, 0.25) is 0 Å². The highest BCUT2D eigenvalue weighted by atomic mass is 19.1. The van der Waals surface area contributed by atoms with Crippen molar-refractivity contribution in [1.82, 2.24) is 0 Å². The summed E-state index contributed by atoms with van der Waals surface area (Å²) in [6.07, 6.45) is -0.432. The molecule has 3 nitrogen and oxygen atoms in total. The highest BCUT2D eigenvalue weighted by Gasteiger charge is 2.19. The number of hydrogen-bond donors (Lipinski definition) is 1. The van der Waals surface area contributed by atoms with Gasteiger partial charge >= 0.3 is 5.97 Å². The van der Waals surface area contributed by atoms with Gasteiger partial charge in [-0.05, 0) is 26.0 Å². The number of halogens is 2. The lowest BCUT2D eigenvalue weighted by Crippen LogP contribution is -2.11. The zero-order valence-electron chi connectivity index (χ0n) is 8.25. The number of carboxylic acid groups (broad SMARTS) is 1. The summed E-state index contributed by atoms with van der Waals surface area (Å²) in [6.45, 7) is 3.18. The monoisotopic (exact) mass is 216 g/mol. The number of ether oxygens (including phenoxy) is 1. The van der Waals surface area contributed by atoms with Crippen molar-refractivity contribution < 1.29 is 23.4 Å². The van der Waals surface area contributed by atoms with Gasteiger partial charge in [-0.25, -0.2) is 13.6 Å².